The first-order valence-electron chi connectivity index (χ1n) is 8.45. The maximum Gasteiger partial charge on any atom is 0.261 e. The minimum atomic E-state index is -0.194. The third kappa shape index (κ3) is 3.80. The van der Waals surface area contributed by atoms with Crippen LogP contribution in [-0.4, -0.2) is 46.2 Å². The topological polar surface area (TPSA) is 66.5 Å². The number of amides is 3. The number of unbranched alkanes of at least 4 members (excludes halogenated alkanes) is 1. The number of carbonyl (C=O) groups is 3. The number of rotatable bonds is 8. The molecule has 0 saturated heterocycles. The van der Waals surface area contributed by atoms with E-state index in [0.29, 0.717) is 23.7 Å². The lowest BCUT2D eigenvalue weighted by Gasteiger charge is -2.14. The highest BCUT2D eigenvalue weighted by Crippen LogP contribution is 2.23. The summed E-state index contributed by atoms with van der Waals surface area (Å²) in [6, 6.07) is 7.35. The molecule has 3 rings (SSSR count). The molecule has 1 aromatic carbocycles. The molecule has 0 radical (unpaired) electrons. The zero-order valence-corrected chi connectivity index (χ0v) is 14.6. The Morgan fingerprint density at radius 3 is 2.42 bits per heavy atom. The van der Waals surface area contributed by atoms with Crippen molar-refractivity contribution in [2.24, 2.45) is 0 Å². The van der Waals surface area contributed by atoms with Gasteiger partial charge in [0.05, 0.1) is 16.4 Å². The van der Waals surface area contributed by atoms with Gasteiger partial charge in [-0.2, -0.15) is 0 Å². The number of hydrogen-bond acceptors (Lipinski definition) is 4. The predicted octanol–water partition coefficient (Wildman–Crippen LogP) is 2.46. The molecule has 1 aliphatic carbocycles. The van der Waals surface area contributed by atoms with Crippen LogP contribution in [0.1, 0.15) is 53.3 Å². The molecule has 1 fully saturated rings. The Labute approximate surface area is 146 Å². The van der Waals surface area contributed by atoms with Crippen LogP contribution in [0.15, 0.2) is 24.3 Å². The zero-order valence-electron chi connectivity index (χ0n) is 13.8. The van der Waals surface area contributed by atoms with Gasteiger partial charge < -0.3 is 5.32 Å². The predicted molar refractivity (Wildman–Crippen MR) is 94.1 cm³/mol. The lowest BCUT2D eigenvalue weighted by molar-refractivity contribution is -0.120. The molecule has 1 aromatic rings. The highest BCUT2D eigenvalue weighted by atomic mass is 32.2. The molecular weight excluding hydrogens is 324 g/mol. The number of imide groups is 1. The van der Waals surface area contributed by atoms with Crippen LogP contribution in [0, 0.1) is 0 Å². The molecule has 6 heteroatoms. The molecule has 0 bridgehead atoms. The van der Waals surface area contributed by atoms with Crippen LogP contribution in [0.4, 0.5) is 0 Å². The number of nitrogens with one attached hydrogen (secondary N) is 1. The van der Waals surface area contributed by atoms with Crippen molar-refractivity contribution in [1.29, 1.82) is 0 Å². The molecule has 1 saturated carbocycles. The standard InChI is InChI=1S/C18H22N2O3S/c1-12(16(21)19-13-8-9-13)24-11-5-4-10-20-17(22)14-6-2-3-7-15(14)18(20)23/h2-3,6-7,12-13H,4-5,8-11H2,1H3,(H,19,21). The molecule has 1 unspecified atom stereocenters. The van der Waals surface area contributed by atoms with Crippen molar-refractivity contribution in [2.75, 3.05) is 12.3 Å². The van der Waals surface area contributed by atoms with Gasteiger partial charge in [0.2, 0.25) is 5.91 Å². The molecule has 1 heterocycles. The molecule has 1 aliphatic heterocycles. The Hall–Kier alpha value is -1.82. The van der Waals surface area contributed by atoms with Gasteiger partial charge in [-0.1, -0.05) is 12.1 Å². The second-order valence-electron chi connectivity index (χ2n) is 6.31. The second-order valence-corrected chi connectivity index (χ2v) is 7.76. The summed E-state index contributed by atoms with van der Waals surface area (Å²) < 4.78 is 0. The number of nitrogens with zero attached hydrogens (tertiary/aromatic N) is 1. The van der Waals surface area contributed by atoms with Crippen molar-refractivity contribution in [3.8, 4) is 0 Å². The van der Waals surface area contributed by atoms with Crippen LogP contribution in [0.5, 0.6) is 0 Å². The minimum Gasteiger partial charge on any atom is -0.352 e. The van der Waals surface area contributed by atoms with E-state index < -0.39 is 0 Å². The fraction of sp³-hybridized carbons (Fsp3) is 0.500. The Kier molecular flexibility index (Phi) is 5.23. The van der Waals surface area contributed by atoms with Gasteiger partial charge >= 0.3 is 0 Å². The van der Waals surface area contributed by atoms with Crippen molar-refractivity contribution in [3.05, 3.63) is 35.4 Å². The first-order chi connectivity index (χ1) is 11.6. The lowest BCUT2D eigenvalue weighted by Crippen LogP contribution is -2.32. The molecule has 3 amide bonds. The molecule has 1 N–H and O–H groups in total. The lowest BCUT2D eigenvalue weighted by atomic mass is 10.1. The van der Waals surface area contributed by atoms with Crippen molar-refractivity contribution in [1.82, 2.24) is 10.2 Å². The van der Waals surface area contributed by atoms with Crippen LogP contribution < -0.4 is 5.32 Å². The fourth-order valence-corrected chi connectivity index (χ4v) is 3.64. The molecule has 2 aliphatic rings. The van der Waals surface area contributed by atoms with Crippen LogP contribution >= 0.6 is 11.8 Å². The van der Waals surface area contributed by atoms with E-state index in [2.05, 4.69) is 5.32 Å². The van der Waals surface area contributed by atoms with Crippen molar-refractivity contribution in [2.45, 2.75) is 43.9 Å². The van der Waals surface area contributed by atoms with Gasteiger partial charge in [0.25, 0.3) is 11.8 Å². The molecule has 128 valence electrons. The Bertz CT molecular complexity index is 622. The van der Waals surface area contributed by atoms with Crippen molar-refractivity contribution < 1.29 is 14.4 Å². The first kappa shape index (κ1) is 17.0. The molecule has 0 aromatic heterocycles. The summed E-state index contributed by atoms with van der Waals surface area (Å²) in [5.41, 5.74) is 1.00. The average Bonchev–Trinajstić information content (AvgIpc) is 3.36. The third-order valence-corrected chi connectivity index (χ3v) is 5.55. The maximum atomic E-state index is 12.2. The van der Waals surface area contributed by atoms with Gasteiger partial charge in [-0.3, -0.25) is 19.3 Å². The average molecular weight is 346 g/mol. The summed E-state index contributed by atoms with van der Waals surface area (Å²) in [6.45, 7) is 2.36. The summed E-state index contributed by atoms with van der Waals surface area (Å²) in [5, 5.41) is 2.95. The normalized spacial score (nSPS) is 17.8. The number of fused-ring (bicyclic) bond motifs is 1. The van der Waals surface area contributed by atoms with E-state index in [-0.39, 0.29) is 23.0 Å². The summed E-state index contributed by atoms with van der Waals surface area (Å²) in [6.07, 6.45) is 3.83. The number of thioether (sulfide) groups is 1. The molecular formula is C18H22N2O3S. The van der Waals surface area contributed by atoms with E-state index in [4.69, 9.17) is 0 Å². The molecule has 24 heavy (non-hydrogen) atoms. The van der Waals surface area contributed by atoms with Crippen LogP contribution in [-0.2, 0) is 4.79 Å². The van der Waals surface area contributed by atoms with Crippen LogP contribution in [0.3, 0.4) is 0 Å². The monoisotopic (exact) mass is 346 g/mol. The van der Waals surface area contributed by atoms with Gasteiger partial charge in [-0.15, -0.1) is 11.8 Å². The van der Waals surface area contributed by atoms with E-state index in [1.54, 1.807) is 36.0 Å². The number of carbonyl (C=O) groups excluding carboxylic acids is 3. The Balaban J connectivity index is 1.37. The van der Waals surface area contributed by atoms with Gasteiger partial charge in [0.1, 0.15) is 0 Å². The van der Waals surface area contributed by atoms with E-state index in [9.17, 15) is 14.4 Å². The number of benzene rings is 1. The first-order valence-corrected chi connectivity index (χ1v) is 9.50. The van der Waals surface area contributed by atoms with Gasteiger partial charge in [0, 0.05) is 12.6 Å². The highest BCUT2D eigenvalue weighted by molar-refractivity contribution is 8.00. The van der Waals surface area contributed by atoms with Gasteiger partial charge in [-0.05, 0) is 50.5 Å². The molecule has 1 atom stereocenters. The second kappa shape index (κ2) is 7.38. The third-order valence-electron chi connectivity index (χ3n) is 4.32. The maximum absolute atomic E-state index is 12.2. The van der Waals surface area contributed by atoms with Crippen molar-refractivity contribution in [3.63, 3.8) is 0 Å². The molecule has 0 spiro atoms. The number of hydrogen-bond donors (Lipinski definition) is 1. The summed E-state index contributed by atoms with van der Waals surface area (Å²) in [7, 11) is 0. The van der Waals surface area contributed by atoms with E-state index in [1.807, 2.05) is 6.92 Å². The summed E-state index contributed by atoms with van der Waals surface area (Å²) in [4.78, 5) is 37.6. The Morgan fingerprint density at radius 1 is 1.21 bits per heavy atom. The van der Waals surface area contributed by atoms with Crippen molar-refractivity contribution >= 4 is 29.5 Å². The summed E-state index contributed by atoms with van der Waals surface area (Å²) >= 11 is 1.63. The minimum absolute atomic E-state index is 0.0510. The summed E-state index contributed by atoms with van der Waals surface area (Å²) in [5.74, 6) is 0.575. The van der Waals surface area contributed by atoms with Gasteiger partial charge in [-0.25, -0.2) is 0 Å². The largest absolute Gasteiger partial charge is 0.352 e. The smallest absolute Gasteiger partial charge is 0.261 e. The quantitative estimate of drug-likeness (QED) is 0.580. The van der Waals surface area contributed by atoms with E-state index in [0.717, 1.165) is 31.4 Å². The molecule has 5 nitrogen and oxygen atoms in total. The van der Waals surface area contributed by atoms with Crippen LogP contribution in [0.25, 0.3) is 0 Å². The van der Waals surface area contributed by atoms with E-state index >= 15 is 0 Å². The SMILES string of the molecule is CC(SCCCCN1C(=O)c2ccccc2C1=O)C(=O)NC1CC1. The Morgan fingerprint density at radius 2 is 1.83 bits per heavy atom. The fourth-order valence-electron chi connectivity index (χ4n) is 2.70. The van der Waals surface area contributed by atoms with Gasteiger partial charge in [0.15, 0.2) is 0 Å². The zero-order chi connectivity index (χ0) is 17.1. The van der Waals surface area contributed by atoms with E-state index in [1.165, 1.54) is 4.90 Å². The highest BCUT2D eigenvalue weighted by Gasteiger charge is 2.34. The van der Waals surface area contributed by atoms with Crippen LogP contribution in [0.2, 0.25) is 0 Å².